The minimum atomic E-state index is -0.653. The molecule has 1 aliphatic rings. The second-order valence-corrected chi connectivity index (χ2v) is 9.38. The van der Waals surface area contributed by atoms with E-state index in [1.54, 1.807) is 29.2 Å². The Bertz CT molecular complexity index is 1080. The number of rotatable bonds is 10. The minimum Gasteiger partial charge on any atom is -0.484 e. The molecule has 0 aliphatic heterocycles. The van der Waals surface area contributed by atoms with Gasteiger partial charge in [-0.05, 0) is 48.2 Å². The Morgan fingerprint density at radius 3 is 2.11 bits per heavy atom. The van der Waals surface area contributed by atoms with E-state index in [2.05, 4.69) is 5.32 Å². The molecule has 3 aromatic carbocycles. The molecule has 3 aromatic rings. The molecule has 1 fully saturated rings. The van der Waals surface area contributed by atoms with E-state index >= 15 is 0 Å². The van der Waals surface area contributed by atoms with Crippen molar-refractivity contribution in [1.29, 1.82) is 0 Å². The second kappa shape index (κ2) is 12.4. The Morgan fingerprint density at radius 2 is 1.49 bits per heavy atom. The van der Waals surface area contributed by atoms with Gasteiger partial charge in [0.2, 0.25) is 5.91 Å². The Labute approximate surface area is 212 Å². The summed E-state index contributed by atoms with van der Waals surface area (Å²) in [6, 6.07) is 26.0. The molecule has 1 unspecified atom stereocenters. The molecular formula is C29H31ClN2O3. The fourth-order valence-corrected chi connectivity index (χ4v) is 4.59. The number of amides is 2. The van der Waals surface area contributed by atoms with E-state index in [1.165, 1.54) is 0 Å². The zero-order valence-electron chi connectivity index (χ0n) is 19.7. The molecule has 1 atom stereocenters. The molecule has 0 spiro atoms. The Morgan fingerprint density at radius 1 is 0.886 bits per heavy atom. The lowest BCUT2D eigenvalue weighted by molar-refractivity contribution is -0.143. The number of benzene rings is 3. The molecule has 1 N–H and O–H groups in total. The monoisotopic (exact) mass is 490 g/mol. The number of carbonyl (C=O) groups is 2. The van der Waals surface area contributed by atoms with Crippen LogP contribution in [0.5, 0.6) is 5.75 Å². The fraction of sp³-hybridized carbons (Fsp3) is 0.310. The van der Waals surface area contributed by atoms with Crippen molar-refractivity contribution in [3.05, 3.63) is 101 Å². The number of halogens is 1. The molecule has 35 heavy (non-hydrogen) atoms. The zero-order chi connectivity index (χ0) is 24.5. The van der Waals surface area contributed by atoms with Crippen LogP contribution in [-0.2, 0) is 22.6 Å². The van der Waals surface area contributed by atoms with Crippen LogP contribution < -0.4 is 10.1 Å². The van der Waals surface area contributed by atoms with Crippen molar-refractivity contribution >= 4 is 23.4 Å². The van der Waals surface area contributed by atoms with E-state index < -0.39 is 6.04 Å². The predicted octanol–water partition coefficient (Wildman–Crippen LogP) is 5.42. The largest absolute Gasteiger partial charge is 0.484 e. The van der Waals surface area contributed by atoms with E-state index in [0.717, 1.165) is 36.8 Å². The third kappa shape index (κ3) is 7.33. The smallest absolute Gasteiger partial charge is 0.261 e. The van der Waals surface area contributed by atoms with Gasteiger partial charge in [-0.3, -0.25) is 9.59 Å². The first-order valence-corrected chi connectivity index (χ1v) is 12.5. The van der Waals surface area contributed by atoms with Crippen molar-refractivity contribution in [2.24, 2.45) is 0 Å². The van der Waals surface area contributed by atoms with Crippen molar-refractivity contribution in [3.63, 3.8) is 0 Å². The highest BCUT2D eigenvalue weighted by Crippen LogP contribution is 2.21. The summed E-state index contributed by atoms with van der Waals surface area (Å²) in [6.07, 6.45) is 4.64. The maximum Gasteiger partial charge on any atom is 0.261 e. The Hall–Kier alpha value is -3.31. The molecular weight excluding hydrogens is 460 g/mol. The normalized spacial score (nSPS) is 14.3. The molecule has 6 heteroatoms. The van der Waals surface area contributed by atoms with E-state index in [1.807, 2.05) is 60.7 Å². The van der Waals surface area contributed by atoms with Crippen molar-refractivity contribution in [3.8, 4) is 5.75 Å². The van der Waals surface area contributed by atoms with E-state index in [0.29, 0.717) is 23.7 Å². The number of nitrogens with one attached hydrogen (secondary N) is 1. The predicted molar refractivity (Wildman–Crippen MR) is 138 cm³/mol. The SMILES string of the molecule is O=C(NC1CCCC1)C(Cc1ccccc1)N(Cc1ccccc1)C(=O)COc1ccc(Cl)cc1. The number of nitrogens with zero attached hydrogens (tertiary/aromatic N) is 1. The van der Waals surface area contributed by atoms with Crippen LogP contribution in [0.2, 0.25) is 5.02 Å². The fourth-order valence-electron chi connectivity index (χ4n) is 4.46. The van der Waals surface area contributed by atoms with Crippen LogP contribution in [0, 0.1) is 0 Å². The number of hydrogen-bond donors (Lipinski definition) is 1. The molecule has 5 nitrogen and oxygen atoms in total. The lowest BCUT2D eigenvalue weighted by Crippen LogP contribution is -2.53. The molecule has 2 amide bonds. The number of ether oxygens (including phenoxy) is 1. The highest BCUT2D eigenvalue weighted by molar-refractivity contribution is 6.30. The van der Waals surface area contributed by atoms with Crippen molar-refractivity contribution < 1.29 is 14.3 Å². The molecule has 1 saturated carbocycles. The van der Waals surface area contributed by atoms with Crippen molar-refractivity contribution in [1.82, 2.24) is 10.2 Å². The topological polar surface area (TPSA) is 58.6 Å². The molecule has 0 radical (unpaired) electrons. The van der Waals surface area contributed by atoms with Crippen LogP contribution in [0.1, 0.15) is 36.8 Å². The molecule has 1 aliphatic carbocycles. The van der Waals surface area contributed by atoms with E-state index in [9.17, 15) is 9.59 Å². The van der Waals surface area contributed by atoms with E-state index in [-0.39, 0.29) is 24.5 Å². The maximum absolute atomic E-state index is 13.6. The van der Waals surface area contributed by atoms with Crippen LogP contribution in [-0.4, -0.2) is 35.4 Å². The van der Waals surface area contributed by atoms with Crippen LogP contribution in [0.15, 0.2) is 84.9 Å². The molecule has 4 rings (SSSR count). The van der Waals surface area contributed by atoms with Crippen LogP contribution >= 0.6 is 11.6 Å². The average molecular weight is 491 g/mol. The van der Waals surface area contributed by atoms with Gasteiger partial charge in [-0.1, -0.05) is 85.1 Å². The van der Waals surface area contributed by atoms with Gasteiger partial charge in [0.05, 0.1) is 0 Å². The van der Waals surface area contributed by atoms with Gasteiger partial charge in [0.25, 0.3) is 5.91 Å². The molecule has 182 valence electrons. The van der Waals surface area contributed by atoms with Gasteiger partial charge < -0.3 is 15.0 Å². The summed E-state index contributed by atoms with van der Waals surface area (Å²) in [5.41, 5.74) is 1.96. The third-order valence-electron chi connectivity index (χ3n) is 6.34. The quantitative estimate of drug-likeness (QED) is 0.413. The second-order valence-electron chi connectivity index (χ2n) is 8.95. The average Bonchev–Trinajstić information content (AvgIpc) is 3.40. The first-order valence-electron chi connectivity index (χ1n) is 12.1. The lowest BCUT2D eigenvalue weighted by Gasteiger charge is -2.32. The third-order valence-corrected chi connectivity index (χ3v) is 6.60. The van der Waals surface area contributed by atoms with Gasteiger partial charge in [0, 0.05) is 24.0 Å². The minimum absolute atomic E-state index is 0.114. The van der Waals surface area contributed by atoms with Crippen LogP contribution in [0.25, 0.3) is 0 Å². The first kappa shape index (κ1) is 24.8. The summed E-state index contributed by atoms with van der Waals surface area (Å²) in [7, 11) is 0. The molecule has 0 heterocycles. The van der Waals surface area contributed by atoms with Gasteiger partial charge in [0.1, 0.15) is 11.8 Å². The van der Waals surface area contributed by atoms with Crippen molar-refractivity contribution in [2.45, 2.75) is 50.7 Å². The van der Waals surface area contributed by atoms with Gasteiger partial charge in [-0.2, -0.15) is 0 Å². The van der Waals surface area contributed by atoms with Gasteiger partial charge in [0.15, 0.2) is 6.61 Å². The van der Waals surface area contributed by atoms with Crippen LogP contribution in [0.3, 0.4) is 0 Å². The van der Waals surface area contributed by atoms with Gasteiger partial charge in [-0.15, -0.1) is 0 Å². The Kier molecular flexibility index (Phi) is 8.79. The summed E-state index contributed by atoms with van der Waals surface area (Å²) in [4.78, 5) is 28.8. The molecule has 0 bridgehead atoms. The number of carbonyl (C=O) groups excluding carboxylic acids is 2. The summed E-state index contributed by atoms with van der Waals surface area (Å²) >= 11 is 5.96. The van der Waals surface area contributed by atoms with Gasteiger partial charge in [-0.25, -0.2) is 0 Å². The van der Waals surface area contributed by atoms with Crippen LogP contribution in [0.4, 0.5) is 0 Å². The maximum atomic E-state index is 13.6. The summed E-state index contributed by atoms with van der Waals surface area (Å²) in [5, 5.41) is 3.81. The van der Waals surface area contributed by atoms with Gasteiger partial charge >= 0.3 is 0 Å². The number of hydrogen-bond acceptors (Lipinski definition) is 3. The summed E-state index contributed by atoms with van der Waals surface area (Å²) in [6.45, 7) is 0.149. The highest BCUT2D eigenvalue weighted by Gasteiger charge is 2.32. The first-order chi connectivity index (χ1) is 17.1. The zero-order valence-corrected chi connectivity index (χ0v) is 20.5. The Balaban J connectivity index is 1.58. The summed E-state index contributed by atoms with van der Waals surface area (Å²) < 4.78 is 5.77. The van der Waals surface area contributed by atoms with E-state index in [4.69, 9.17) is 16.3 Å². The van der Waals surface area contributed by atoms with Crippen molar-refractivity contribution in [2.75, 3.05) is 6.61 Å². The lowest BCUT2D eigenvalue weighted by atomic mass is 10.0. The summed E-state index contributed by atoms with van der Waals surface area (Å²) in [5.74, 6) is 0.195. The molecule has 0 aromatic heterocycles. The highest BCUT2D eigenvalue weighted by atomic mass is 35.5. The molecule has 0 saturated heterocycles. The standard InChI is InChI=1S/C29H31ClN2O3/c30-24-15-17-26(18-16-24)35-21-28(33)32(20-23-11-5-2-6-12-23)27(19-22-9-3-1-4-10-22)29(34)31-25-13-7-8-14-25/h1-6,9-12,15-18,25,27H,7-8,13-14,19-21H2,(H,31,34).